The molecule has 38 heavy (non-hydrogen) atoms. The Balaban J connectivity index is 1.41. The van der Waals surface area contributed by atoms with Crippen molar-refractivity contribution in [2.75, 3.05) is 0 Å². The zero-order valence-corrected chi connectivity index (χ0v) is 22.5. The van der Waals surface area contributed by atoms with Crippen molar-refractivity contribution in [1.82, 2.24) is 19.9 Å². The molecule has 1 unspecified atom stereocenters. The molecule has 0 saturated carbocycles. The van der Waals surface area contributed by atoms with Gasteiger partial charge in [0.15, 0.2) is 0 Å². The normalized spacial score (nSPS) is 11.9. The summed E-state index contributed by atoms with van der Waals surface area (Å²) in [6, 6.07) is 14.8. The maximum absolute atomic E-state index is 13.4. The summed E-state index contributed by atoms with van der Waals surface area (Å²) in [5.41, 5.74) is 1.98. The molecule has 0 radical (unpaired) electrons. The van der Waals surface area contributed by atoms with Gasteiger partial charge >= 0.3 is 5.97 Å². The summed E-state index contributed by atoms with van der Waals surface area (Å²) >= 11 is 10.8. The number of rotatable bonds is 9. The van der Waals surface area contributed by atoms with Crippen LogP contribution in [0.2, 0.25) is 5.28 Å². The number of para-hydroxylation sites is 1. The summed E-state index contributed by atoms with van der Waals surface area (Å²) in [5.74, 6) is -0.906. The Bertz CT molecular complexity index is 1620. The van der Waals surface area contributed by atoms with Gasteiger partial charge in [-0.2, -0.15) is 0 Å². The second-order valence-electron chi connectivity index (χ2n) is 7.97. The lowest BCUT2D eigenvalue weighted by atomic mass is 10.1. The van der Waals surface area contributed by atoms with E-state index in [1.54, 1.807) is 42.5 Å². The van der Waals surface area contributed by atoms with Gasteiger partial charge in [0.1, 0.15) is 29.3 Å². The molecule has 5 rings (SSSR count). The van der Waals surface area contributed by atoms with Gasteiger partial charge in [-0.25, -0.2) is 29.1 Å². The Labute approximate surface area is 233 Å². The molecule has 12 heteroatoms. The summed E-state index contributed by atoms with van der Waals surface area (Å²) in [4.78, 5) is 30.1. The second-order valence-corrected chi connectivity index (χ2v) is 10.1. The molecule has 0 saturated heterocycles. The van der Waals surface area contributed by atoms with E-state index >= 15 is 0 Å². The number of hydrogen-bond acceptors (Lipinski definition) is 8. The number of thiophene rings is 1. The predicted octanol–water partition coefficient (Wildman–Crippen LogP) is 6.36. The van der Waals surface area contributed by atoms with Gasteiger partial charge in [-0.05, 0) is 62.9 Å². The standard InChI is InChI=1S/C26H17BrClFN4O4S/c27-21-20-23(31-13-32-24(20)38-22(21)14-5-7-16(29)8-6-14)37-19(25(34)35)11-15-3-1-2-4-18(15)36-12-17-9-10-30-26(28)33-17/h1-10,13,19H,11-12H2,(H,34,35). The van der Waals surface area contributed by atoms with Crippen LogP contribution in [-0.2, 0) is 17.8 Å². The first-order chi connectivity index (χ1) is 18.4. The fraction of sp³-hybridized carbons (Fsp3) is 0.115. The average molecular weight is 616 g/mol. The quantitative estimate of drug-likeness (QED) is 0.191. The van der Waals surface area contributed by atoms with Crippen molar-refractivity contribution in [3.63, 3.8) is 0 Å². The highest BCUT2D eigenvalue weighted by atomic mass is 79.9. The highest BCUT2D eigenvalue weighted by Gasteiger charge is 2.26. The first-order valence-corrected chi connectivity index (χ1v) is 13.1. The molecule has 0 bridgehead atoms. The van der Waals surface area contributed by atoms with Crippen LogP contribution in [0.1, 0.15) is 11.3 Å². The number of benzene rings is 2. The minimum absolute atomic E-state index is 0.00804. The van der Waals surface area contributed by atoms with Gasteiger partial charge in [-0.3, -0.25) is 0 Å². The van der Waals surface area contributed by atoms with Crippen LogP contribution in [0.3, 0.4) is 0 Å². The fourth-order valence-corrected chi connectivity index (χ4v) is 5.83. The minimum atomic E-state index is -1.27. The van der Waals surface area contributed by atoms with Crippen molar-refractivity contribution < 1.29 is 23.8 Å². The maximum atomic E-state index is 13.4. The molecular weight excluding hydrogens is 599 g/mol. The molecule has 3 heterocycles. The molecule has 3 aromatic heterocycles. The molecule has 192 valence electrons. The van der Waals surface area contributed by atoms with Gasteiger partial charge < -0.3 is 14.6 Å². The molecule has 0 fully saturated rings. The molecule has 1 atom stereocenters. The third kappa shape index (κ3) is 5.74. The van der Waals surface area contributed by atoms with E-state index in [1.165, 1.54) is 36.0 Å². The molecule has 1 N–H and O–H groups in total. The summed E-state index contributed by atoms with van der Waals surface area (Å²) in [5, 5.41) is 10.6. The monoisotopic (exact) mass is 614 g/mol. The van der Waals surface area contributed by atoms with Crippen molar-refractivity contribution in [2.45, 2.75) is 19.1 Å². The molecule has 0 amide bonds. The van der Waals surface area contributed by atoms with Crippen LogP contribution in [-0.4, -0.2) is 37.1 Å². The molecule has 5 aromatic rings. The summed E-state index contributed by atoms with van der Waals surface area (Å²) in [6.45, 7) is 0.123. The van der Waals surface area contributed by atoms with Crippen LogP contribution < -0.4 is 9.47 Å². The Morgan fingerprint density at radius 1 is 1.11 bits per heavy atom. The number of fused-ring (bicyclic) bond motifs is 1. The zero-order chi connectivity index (χ0) is 26.6. The van der Waals surface area contributed by atoms with Crippen LogP contribution in [0, 0.1) is 5.82 Å². The van der Waals surface area contributed by atoms with Gasteiger partial charge in [0.2, 0.25) is 17.3 Å². The molecular formula is C26H17BrClFN4O4S. The lowest BCUT2D eigenvalue weighted by Gasteiger charge is -2.17. The molecule has 2 aromatic carbocycles. The number of carboxylic acid groups (broad SMARTS) is 1. The van der Waals surface area contributed by atoms with E-state index in [1.807, 2.05) is 0 Å². The lowest BCUT2D eigenvalue weighted by Crippen LogP contribution is -2.30. The molecule has 0 aliphatic heterocycles. The average Bonchev–Trinajstić information content (AvgIpc) is 3.25. The third-order valence-corrected chi connectivity index (χ3v) is 7.85. The SMILES string of the molecule is O=C(O)C(Cc1ccccc1OCc1ccnc(Cl)n1)Oc1ncnc2sc(-c3ccc(F)cc3)c(Br)c12. The van der Waals surface area contributed by atoms with Crippen molar-refractivity contribution >= 4 is 55.1 Å². The topological polar surface area (TPSA) is 107 Å². The number of hydrogen-bond donors (Lipinski definition) is 1. The van der Waals surface area contributed by atoms with Gasteiger partial charge in [0, 0.05) is 12.6 Å². The second kappa shape index (κ2) is 11.4. The summed E-state index contributed by atoms with van der Waals surface area (Å²) < 4.78 is 25.9. The van der Waals surface area contributed by atoms with Crippen molar-refractivity contribution in [2.24, 2.45) is 0 Å². The van der Waals surface area contributed by atoms with E-state index in [4.69, 9.17) is 21.1 Å². The van der Waals surface area contributed by atoms with E-state index in [0.29, 0.717) is 31.7 Å². The molecule has 0 spiro atoms. The van der Waals surface area contributed by atoms with Gasteiger partial charge in [0.05, 0.1) is 20.4 Å². The largest absolute Gasteiger partial charge is 0.487 e. The minimum Gasteiger partial charge on any atom is -0.487 e. The van der Waals surface area contributed by atoms with E-state index in [2.05, 4.69) is 35.9 Å². The number of ether oxygens (including phenoxy) is 2. The van der Waals surface area contributed by atoms with Crippen molar-refractivity contribution in [3.05, 3.63) is 94.0 Å². The highest BCUT2D eigenvalue weighted by molar-refractivity contribution is 9.10. The van der Waals surface area contributed by atoms with E-state index in [0.717, 1.165) is 10.4 Å². The molecule has 0 aliphatic rings. The number of halogens is 3. The zero-order valence-electron chi connectivity index (χ0n) is 19.3. The van der Waals surface area contributed by atoms with E-state index < -0.39 is 12.1 Å². The third-order valence-electron chi connectivity index (χ3n) is 5.47. The Morgan fingerprint density at radius 3 is 2.66 bits per heavy atom. The molecule has 8 nitrogen and oxygen atoms in total. The summed E-state index contributed by atoms with van der Waals surface area (Å²) in [6.07, 6.45) is 1.58. The highest BCUT2D eigenvalue weighted by Crippen LogP contribution is 2.44. The number of nitrogens with zero attached hydrogens (tertiary/aromatic N) is 4. The van der Waals surface area contributed by atoms with Gasteiger partial charge in [-0.1, -0.05) is 30.3 Å². The number of carboxylic acids is 1. The van der Waals surface area contributed by atoms with Crippen molar-refractivity contribution in [1.29, 1.82) is 0 Å². The smallest absolute Gasteiger partial charge is 0.345 e. The van der Waals surface area contributed by atoms with E-state index in [-0.39, 0.29) is 30.0 Å². The van der Waals surface area contributed by atoms with Crippen LogP contribution in [0.4, 0.5) is 4.39 Å². The van der Waals surface area contributed by atoms with Crippen LogP contribution >= 0.6 is 38.9 Å². The van der Waals surface area contributed by atoms with Gasteiger partial charge in [0.25, 0.3) is 0 Å². The Hall–Kier alpha value is -3.67. The Kier molecular flexibility index (Phi) is 7.77. The first-order valence-electron chi connectivity index (χ1n) is 11.2. The Morgan fingerprint density at radius 2 is 1.89 bits per heavy atom. The van der Waals surface area contributed by atoms with E-state index in [9.17, 15) is 14.3 Å². The number of aliphatic carboxylic acids is 1. The number of carbonyl (C=O) groups is 1. The lowest BCUT2D eigenvalue weighted by molar-refractivity contribution is -0.145. The van der Waals surface area contributed by atoms with Crippen LogP contribution in [0.15, 0.2) is 71.6 Å². The van der Waals surface area contributed by atoms with Crippen LogP contribution in [0.5, 0.6) is 11.6 Å². The fourth-order valence-electron chi connectivity index (χ4n) is 3.68. The van der Waals surface area contributed by atoms with Crippen LogP contribution in [0.25, 0.3) is 20.7 Å². The summed E-state index contributed by atoms with van der Waals surface area (Å²) in [7, 11) is 0. The maximum Gasteiger partial charge on any atom is 0.345 e. The van der Waals surface area contributed by atoms with Gasteiger partial charge in [-0.15, -0.1) is 11.3 Å². The predicted molar refractivity (Wildman–Crippen MR) is 144 cm³/mol. The number of aromatic nitrogens is 4. The first kappa shape index (κ1) is 26.0. The van der Waals surface area contributed by atoms with Crippen molar-refractivity contribution in [3.8, 4) is 22.1 Å². The molecule has 0 aliphatic carbocycles.